The molecule has 11 aromatic rings. The van der Waals surface area contributed by atoms with Gasteiger partial charge in [-0.1, -0.05) is 176 Å². The average Bonchev–Trinajstić information content (AvgIpc) is 3.67. The van der Waals surface area contributed by atoms with Crippen LogP contribution in [0.3, 0.4) is 0 Å². The number of para-hydroxylation sites is 2. The number of pyridine rings is 1. The smallest absolute Gasteiger partial charge is 0.160 e. The maximum Gasteiger partial charge on any atom is 0.160 e. The van der Waals surface area contributed by atoms with Gasteiger partial charge in [0.2, 0.25) is 0 Å². The highest BCUT2D eigenvalue weighted by atomic mass is 16.3. The molecule has 57 heavy (non-hydrogen) atoms. The molecule has 0 aliphatic carbocycles. The Labute approximate surface area is 329 Å². The van der Waals surface area contributed by atoms with Gasteiger partial charge in [-0.3, -0.25) is 0 Å². The summed E-state index contributed by atoms with van der Waals surface area (Å²) in [7, 11) is 0. The number of rotatable bonds is 6. The summed E-state index contributed by atoms with van der Waals surface area (Å²) in [6, 6.07) is 69.6. The van der Waals surface area contributed by atoms with Crippen LogP contribution in [0, 0.1) is 0 Å². The number of hydrogen-bond acceptors (Lipinski definition) is 4. The lowest BCUT2D eigenvalue weighted by atomic mass is 9.89. The number of hydrogen-bond donors (Lipinski definition) is 0. The fourth-order valence-electron chi connectivity index (χ4n) is 8.15. The summed E-state index contributed by atoms with van der Waals surface area (Å²) in [6.07, 6.45) is 0. The molecule has 3 heterocycles. The summed E-state index contributed by atoms with van der Waals surface area (Å²) >= 11 is 0. The molecule has 0 saturated heterocycles. The highest BCUT2D eigenvalue weighted by Gasteiger charge is 2.22. The first-order chi connectivity index (χ1) is 28.2. The van der Waals surface area contributed by atoms with Crippen molar-refractivity contribution in [1.29, 1.82) is 0 Å². The predicted molar refractivity (Wildman–Crippen MR) is 235 cm³/mol. The normalized spacial score (nSPS) is 11.5. The van der Waals surface area contributed by atoms with E-state index in [1.54, 1.807) is 0 Å². The number of furan rings is 1. The van der Waals surface area contributed by atoms with E-state index in [1.165, 1.54) is 11.1 Å². The first-order valence-corrected chi connectivity index (χ1v) is 19.2. The summed E-state index contributed by atoms with van der Waals surface area (Å²) in [5.74, 6) is 0.685. The molecule has 0 aliphatic rings. The van der Waals surface area contributed by atoms with E-state index in [9.17, 15) is 0 Å². The zero-order valence-corrected chi connectivity index (χ0v) is 30.8. The van der Waals surface area contributed by atoms with E-state index in [2.05, 4.69) is 164 Å². The summed E-state index contributed by atoms with van der Waals surface area (Å²) in [5.41, 5.74) is 13.9. The summed E-state index contributed by atoms with van der Waals surface area (Å²) < 4.78 is 6.58. The van der Waals surface area contributed by atoms with Gasteiger partial charge in [-0.05, 0) is 41.0 Å². The van der Waals surface area contributed by atoms with Gasteiger partial charge >= 0.3 is 0 Å². The second-order valence-corrected chi connectivity index (χ2v) is 14.3. The Morgan fingerprint density at radius 3 is 1.49 bits per heavy atom. The van der Waals surface area contributed by atoms with Gasteiger partial charge in [-0.15, -0.1) is 0 Å². The van der Waals surface area contributed by atoms with Crippen molar-refractivity contribution >= 4 is 43.6 Å². The molecule has 0 saturated carbocycles. The standard InChI is InChI=1S/C53H33N3O/c1-4-14-34(15-5-1)35-24-26-36(27-25-35)45-33-46(56-53(55-45)40-18-8-3-9-19-40)37-28-30-39(31-29-37)52-43-32-48-51(42-21-11-13-23-47(42)57-48)49(38-16-6-2-7-17-38)50(43)41-20-10-12-22-44(41)54-52/h1-33H. The van der Waals surface area contributed by atoms with Gasteiger partial charge in [0.15, 0.2) is 5.82 Å². The summed E-state index contributed by atoms with van der Waals surface area (Å²) in [6.45, 7) is 0. The van der Waals surface area contributed by atoms with Crippen molar-refractivity contribution in [3.05, 3.63) is 200 Å². The molecule has 3 aromatic heterocycles. The van der Waals surface area contributed by atoms with Crippen LogP contribution in [0.5, 0.6) is 0 Å². The highest BCUT2D eigenvalue weighted by Crippen LogP contribution is 2.46. The molecule has 8 aromatic carbocycles. The third-order valence-electron chi connectivity index (χ3n) is 10.9. The largest absolute Gasteiger partial charge is 0.456 e. The van der Waals surface area contributed by atoms with Crippen molar-refractivity contribution in [3.63, 3.8) is 0 Å². The number of nitrogens with zero attached hydrogens (tertiary/aromatic N) is 3. The van der Waals surface area contributed by atoms with E-state index in [0.717, 1.165) is 94.1 Å². The predicted octanol–water partition coefficient (Wildman–Crippen LogP) is 14.1. The lowest BCUT2D eigenvalue weighted by Gasteiger charge is -2.16. The molecule has 266 valence electrons. The van der Waals surface area contributed by atoms with Gasteiger partial charge in [-0.25, -0.2) is 15.0 Å². The Bertz CT molecular complexity index is 3250. The Hall–Kier alpha value is -7.69. The molecule has 0 bridgehead atoms. The Kier molecular flexibility index (Phi) is 7.78. The van der Waals surface area contributed by atoms with E-state index in [0.29, 0.717) is 5.82 Å². The maximum absolute atomic E-state index is 6.58. The van der Waals surface area contributed by atoms with Gasteiger partial charge in [0.1, 0.15) is 11.2 Å². The molecule has 0 N–H and O–H groups in total. The molecule has 0 fully saturated rings. The van der Waals surface area contributed by atoms with Crippen molar-refractivity contribution in [1.82, 2.24) is 15.0 Å². The van der Waals surface area contributed by atoms with Crippen molar-refractivity contribution in [2.24, 2.45) is 0 Å². The minimum Gasteiger partial charge on any atom is -0.456 e. The molecule has 0 unspecified atom stereocenters. The van der Waals surface area contributed by atoms with E-state index >= 15 is 0 Å². The van der Waals surface area contributed by atoms with Gasteiger partial charge < -0.3 is 4.42 Å². The highest BCUT2D eigenvalue weighted by molar-refractivity contribution is 6.27. The maximum atomic E-state index is 6.58. The van der Waals surface area contributed by atoms with Gasteiger partial charge in [-0.2, -0.15) is 0 Å². The van der Waals surface area contributed by atoms with Crippen LogP contribution in [0.15, 0.2) is 205 Å². The second kappa shape index (κ2) is 13.6. The molecule has 0 aliphatic heterocycles. The third kappa shape index (κ3) is 5.74. The van der Waals surface area contributed by atoms with E-state index in [1.807, 2.05) is 36.4 Å². The van der Waals surface area contributed by atoms with Gasteiger partial charge in [0, 0.05) is 54.7 Å². The van der Waals surface area contributed by atoms with Crippen LogP contribution in [0.25, 0.3) is 111 Å². The third-order valence-corrected chi connectivity index (χ3v) is 10.9. The first kappa shape index (κ1) is 32.7. The lowest BCUT2D eigenvalue weighted by molar-refractivity contribution is 0.669. The van der Waals surface area contributed by atoms with Gasteiger partial charge in [0.25, 0.3) is 0 Å². The molecule has 11 rings (SSSR count). The second-order valence-electron chi connectivity index (χ2n) is 14.3. The van der Waals surface area contributed by atoms with E-state index in [4.69, 9.17) is 19.4 Å². The quantitative estimate of drug-likeness (QED) is 0.160. The Morgan fingerprint density at radius 1 is 0.316 bits per heavy atom. The Balaban J connectivity index is 1.08. The zero-order valence-electron chi connectivity index (χ0n) is 30.8. The van der Waals surface area contributed by atoms with E-state index in [-0.39, 0.29) is 0 Å². The Morgan fingerprint density at radius 2 is 0.825 bits per heavy atom. The average molecular weight is 728 g/mol. The molecule has 0 amide bonds. The lowest BCUT2D eigenvalue weighted by Crippen LogP contribution is -1.96. The van der Waals surface area contributed by atoms with Crippen molar-refractivity contribution < 1.29 is 4.42 Å². The van der Waals surface area contributed by atoms with Gasteiger partial charge in [0.05, 0.1) is 22.6 Å². The molecular weight excluding hydrogens is 695 g/mol. The monoisotopic (exact) mass is 727 g/mol. The van der Waals surface area contributed by atoms with Crippen LogP contribution in [-0.4, -0.2) is 15.0 Å². The number of benzene rings is 8. The van der Waals surface area contributed by atoms with Crippen molar-refractivity contribution in [2.45, 2.75) is 0 Å². The summed E-state index contributed by atoms with van der Waals surface area (Å²) in [4.78, 5) is 15.5. The molecule has 0 radical (unpaired) electrons. The fourth-order valence-corrected chi connectivity index (χ4v) is 8.15. The van der Waals surface area contributed by atoms with Crippen LogP contribution >= 0.6 is 0 Å². The van der Waals surface area contributed by atoms with Crippen molar-refractivity contribution in [3.8, 4) is 67.4 Å². The minimum absolute atomic E-state index is 0.685. The van der Waals surface area contributed by atoms with Crippen LogP contribution in [0.1, 0.15) is 0 Å². The molecule has 0 atom stereocenters. The van der Waals surface area contributed by atoms with E-state index < -0.39 is 0 Å². The zero-order chi connectivity index (χ0) is 37.7. The molecule has 4 nitrogen and oxygen atoms in total. The SMILES string of the molecule is c1ccc(-c2ccc(-c3cc(-c4ccc(-c5nc6ccccc6c6c(-c7ccccc7)c7c(cc56)oc5ccccc57)cc4)nc(-c4ccccc4)n3)cc2)cc1. The molecule has 4 heteroatoms. The van der Waals surface area contributed by atoms with Crippen LogP contribution < -0.4 is 0 Å². The first-order valence-electron chi connectivity index (χ1n) is 19.2. The van der Waals surface area contributed by atoms with Crippen LogP contribution in [0.4, 0.5) is 0 Å². The molecule has 0 spiro atoms. The fraction of sp³-hybridized carbons (Fsp3) is 0. The van der Waals surface area contributed by atoms with Crippen LogP contribution in [0.2, 0.25) is 0 Å². The van der Waals surface area contributed by atoms with Crippen molar-refractivity contribution in [2.75, 3.05) is 0 Å². The van der Waals surface area contributed by atoms with Crippen LogP contribution in [-0.2, 0) is 0 Å². The minimum atomic E-state index is 0.685. The topological polar surface area (TPSA) is 51.8 Å². The number of aromatic nitrogens is 3. The number of fused-ring (bicyclic) bond motifs is 6. The summed E-state index contributed by atoms with van der Waals surface area (Å²) in [5, 5.41) is 5.53. The molecular formula is C53H33N3O.